The van der Waals surface area contributed by atoms with Crippen LogP contribution in [0.5, 0.6) is 0 Å². The zero-order chi connectivity index (χ0) is 10.4. The van der Waals surface area contributed by atoms with Crippen LogP contribution in [0, 0.1) is 6.92 Å². The molecule has 3 heterocycles. The molecule has 3 rings (SSSR count). The number of pyridine rings is 2. The maximum Gasteiger partial charge on any atom is 0.209 e. The monoisotopic (exact) mass is 199 g/mol. The summed E-state index contributed by atoms with van der Waals surface area (Å²) in [5.41, 5.74) is 3.11. The quantitative estimate of drug-likeness (QED) is 0.596. The number of imidazole rings is 1. The van der Waals surface area contributed by atoms with Crippen LogP contribution in [-0.4, -0.2) is 14.4 Å². The van der Waals surface area contributed by atoms with Crippen molar-refractivity contribution in [2.75, 3.05) is 0 Å². The minimum absolute atomic E-state index is 0.0508. The van der Waals surface area contributed by atoms with E-state index in [-0.39, 0.29) is 5.43 Å². The third-order valence-electron chi connectivity index (χ3n) is 2.47. The highest BCUT2D eigenvalue weighted by Crippen LogP contribution is 2.11. The van der Waals surface area contributed by atoms with Crippen molar-refractivity contribution in [1.82, 2.24) is 14.4 Å². The molecule has 0 amide bonds. The smallest absolute Gasteiger partial charge is 0.209 e. The van der Waals surface area contributed by atoms with Gasteiger partial charge in [0.1, 0.15) is 11.3 Å². The Bertz CT molecular complexity index is 708. The van der Waals surface area contributed by atoms with Crippen LogP contribution in [-0.2, 0) is 0 Å². The number of fused-ring (bicyclic) bond motifs is 3. The van der Waals surface area contributed by atoms with Crippen molar-refractivity contribution < 1.29 is 0 Å². The van der Waals surface area contributed by atoms with Gasteiger partial charge >= 0.3 is 0 Å². The number of H-pyrrole nitrogens is 1. The number of hydrogen-bond acceptors (Lipinski definition) is 2. The predicted octanol–water partition coefficient (Wildman–Crippen LogP) is 1.48. The van der Waals surface area contributed by atoms with Gasteiger partial charge in [0, 0.05) is 18.5 Å². The summed E-state index contributed by atoms with van der Waals surface area (Å²) in [6.45, 7) is 2.00. The minimum Gasteiger partial charge on any atom is -0.346 e. The first-order valence-electron chi connectivity index (χ1n) is 4.72. The van der Waals surface area contributed by atoms with E-state index in [0.29, 0.717) is 5.52 Å². The van der Waals surface area contributed by atoms with Crippen LogP contribution in [0.4, 0.5) is 0 Å². The average Bonchev–Trinajstić information content (AvgIpc) is 2.57. The van der Waals surface area contributed by atoms with Gasteiger partial charge in [-0.05, 0) is 24.6 Å². The van der Waals surface area contributed by atoms with E-state index in [1.807, 2.05) is 29.7 Å². The van der Waals surface area contributed by atoms with Crippen molar-refractivity contribution in [2.45, 2.75) is 6.92 Å². The van der Waals surface area contributed by atoms with Gasteiger partial charge in [-0.15, -0.1) is 0 Å². The molecule has 15 heavy (non-hydrogen) atoms. The summed E-state index contributed by atoms with van der Waals surface area (Å²) in [6, 6.07) is 5.42. The summed E-state index contributed by atoms with van der Waals surface area (Å²) >= 11 is 0. The van der Waals surface area contributed by atoms with Crippen LogP contribution in [0.3, 0.4) is 0 Å². The lowest BCUT2D eigenvalue weighted by Crippen LogP contribution is -1.99. The lowest BCUT2D eigenvalue weighted by molar-refractivity contribution is 1.17. The Balaban J connectivity index is 2.63. The van der Waals surface area contributed by atoms with Crippen LogP contribution in [0.1, 0.15) is 5.56 Å². The SMILES string of the molecule is Cc1ccn2c(c1)nc1c(=O)cc[nH]c12. The molecule has 0 aliphatic rings. The van der Waals surface area contributed by atoms with Gasteiger partial charge in [-0.2, -0.15) is 0 Å². The second-order valence-corrected chi connectivity index (χ2v) is 3.58. The molecule has 74 valence electrons. The number of hydrogen-bond donors (Lipinski definition) is 1. The second kappa shape index (κ2) is 2.70. The van der Waals surface area contributed by atoms with E-state index >= 15 is 0 Å². The van der Waals surface area contributed by atoms with Gasteiger partial charge < -0.3 is 4.98 Å². The maximum absolute atomic E-state index is 11.5. The highest BCUT2D eigenvalue weighted by atomic mass is 16.1. The normalized spacial score (nSPS) is 11.3. The van der Waals surface area contributed by atoms with Crippen LogP contribution >= 0.6 is 0 Å². The van der Waals surface area contributed by atoms with Gasteiger partial charge in [-0.25, -0.2) is 4.98 Å². The molecule has 0 unspecified atom stereocenters. The van der Waals surface area contributed by atoms with Crippen LogP contribution in [0.2, 0.25) is 0 Å². The molecule has 0 aromatic carbocycles. The fourth-order valence-corrected chi connectivity index (χ4v) is 1.73. The summed E-state index contributed by atoms with van der Waals surface area (Å²) < 4.78 is 1.88. The van der Waals surface area contributed by atoms with E-state index in [1.54, 1.807) is 6.20 Å². The van der Waals surface area contributed by atoms with Crippen LogP contribution in [0.15, 0.2) is 35.4 Å². The summed E-state index contributed by atoms with van der Waals surface area (Å²) in [7, 11) is 0. The summed E-state index contributed by atoms with van der Waals surface area (Å²) in [4.78, 5) is 18.9. The molecule has 1 N–H and O–H groups in total. The molecule has 0 aliphatic heterocycles. The van der Waals surface area contributed by atoms with Crippen molar-refractivity contribution in [3.05, 3.63) is 46.4 Å². The number of nitrogens with zero attached hydrogens (tertiary/aromatic N) is 2. The Morgan fingerprint density at radius 2 is 2.27 bits per heavy atom. The standard InChI is InChI=1S/C11H9N3O/c1-7-3-5-14-9(6-7)13-10-8(15)2-4-12-11(10)14/h2-6H,1H3,(H,12,15). The molecular formula is C11H9N3O. The average molecular weight is 199 g/mol. The summed E-state index contributed by atoms with van der Waals surface area (Å²) in [6.07, 6.45) is 3.55. The maximum atomic E-state index is 11.5. The van der Waals surface area contributed by atoms with Crippen LogP contribution in [0.25, 0.3) is 16.8 Å². The van der Waals surface area contributed by atoms with E-state index in [4.69, 9.17) is 0 Å². The van der Waals surface area contributed by atoms with Gasteiger partial charge in [-0.3, -0.25) is 9.20 Å². The number of rotatable bonds is 0. The Labute approximate surface area is 85.2 Å². The fraction of sp³-hybridized carbons (Fsp3) is 0.0909. The molecule has 3 aromatic heterocycles. The van der Waals surface area contributed by atoms with Gasteiger partial charge in [0.25, 0.3) is 0 Å². The number of aryl methyl sites for hydroxylation is 1. The third kappa shape index (κ3) is 1.08. The van der Waals surface area contributed by atoms with E-state index < -0.39 is 0 Å². The van der Waals surface area contributed by atoms with E-state index in [9.17, 15) is 4.79 Å². The lowest BCUT2D eigenvalue weighted by atomic mass is 10.3. The molecule has 0 fully saturated rings. The molecule has 3 aromatic rings. The largest absolute Gasteiger partial charge is 0.346 e. The molecule has 4 nitrogen and oxygen atoms in total. The third-order valence-corrected chi connectivity index (χ3v) is 2.47. The first-order valence-corrected chi connectivity index (χ1v) is 4.72. The van der Waals surface area contributed by atoms with E-state index in [0.717, 1.165) is 16.9 Å². The van der Waals surface area contributed by atoms with Crippen molar-refractivity contribution in [1.29, 1.82) is 0 Å². The van der Waals surface area contributed by atoms with Gasteiger partial charge in [-0.1, -0.05) is 0 Å². The summed E-state index contributed by atoms with van der Waals surface area (Å²) in [5, 5.41) is 0. The minimum atomic E-state index is -0.0508. The fourth-order valence-electron chi connectivity index (χ4n) is 1.73. The van der Waals surface area contributed by atoms with Crippen LogP contribution < -0.4 is 5.43 Å². The first kappa shape index (κ1) is 8.23. The van der Waals surface area contributed by atoms with Crippen molar-refractivity contribution in [3.63, 3.8) is 0 Å². The first-order chi connectivity index (χ1) is 7.25. The molecule has 0 atom stereocenters. The zero-order valence-electron chi connectivity index (χ0n) is 8.19. The molecule has 0 saturated carbocycles. The molecule has 0 bridgehead atoms. The molecule has 0 aliphatic carbocycles. The molecule has 0 saturated heterocycles. The van der Waals surface area contributed by atoms with Gasteiger partial charge in [0.15, 0.2) is 5.52 Å². The zero-order valence-corrected chi connectivity index (χ0v) is 8.19. The van der Waals surface area contributed by atoms with Gasteiger partial charge in [0.05, 0.1) is 0 Å². The number of nitrogens with one attached hydrogen (secondary N) is 1. The Kier molecular flexibility index (Phi) is 1.48. The molecule has 0 radical (unpaired) electrons. The lowest BCUT2D eigenvalue weighted by Gasteiger charge is -1.95. The predicted molar refractivity (Wildman–Crippen MR) is 58.1 cm³/mol. The highest BCUT2D eigenvalue weighted by molar-refractivity contribution is 5.76. The number of aromatic amines is 1. The Hall–Kier alpha value is -2.10. The van der Waals surface area contributed by atoms with E-state index in [2.05, 4.69) is 9.97 Å². The topological polar surface area (TPSA) is 50.2 Å². The molecular weight excluding hydrogens is 190 g/mol. The number of aromatic nitrogens is 3. The van der Waals surface area contributed by atoms with Crippen molar-refractivity contribution in [3.8, 4) is 0 Å². The second-order valence-electron chi connectivity index (χ2n) is 3.58. The molecule has 0 spiro atoms. The Morgan fingerprint density at radius 1 is 1.40 bits per heavy atom. The molecule has 4 heteroatoms. The highest BCUT2D eigenvalue weighted by Gasteiger charge is 2.06. The van der Waals surface area contributed by atoms with E-state index in [1.165, 1.54) is 6.07 Å². The van der Waals surface area contributed by atoms with Crippen molar-refractivity contribution >= 4 is 16.8 Å². The summed E-state index contributed by atoms with van der Waals surface area (Å²) in [5.74, 6) is 0. The van der Waals surface area contributed by atoms with Gasteiger partial charge in [0.2, 0.25) is 5.43 Å². The Morgan fingerprint density at radius 3 is 3.13 bits per heavy atom. The van der Waals surface area contributed by atoms with Crippen molar-refractivity contribution in [2.24, 2.45) is 0 Å².